The van der Waals surface area contributed by atoms with Crippen molar-refractivity contribution in [2.45, 2.75) is 0 Å². The van der Waals surface area contributed by atoms with E-state index in [0.29, 0.717) is 0 Å². The first kappa shape index (κ1) is 1.60. The number of rotatable bonds is 0. The van der Waals surface area contributed by atoms with E-state index in [1.165, 1.54) is 0 Å². The maximum absolute atomic E-state index is 6.28. The maximum Gasteiger partial charge on any atom is 0.0406 e. The number of nitrogens with two attached hydrogens (primary N) is 1. The summed E-state index contributed by atoms with van der Waals surface area (Å²) in [7, 11) is 0. The van der Waals surface area contributed by atoms with Crippen LogP contribution in [0.4, 0.5) is 0 Å². The highest BCUT2D eigenvalue weighted by molar-refractivity contribution is 5.85. The van der Waals surface area contributed by atoms with Crippen molar-refractivity contribution in [3.8, 4) is 0 Å². The number of hydrogen-bond acceptors (Lipinski definition) is 2. The molecule has 0 amide bonds. The van der Waals surface area contributed by atoms with Crippen molar-refractivity contribution in [3.05, 3.63) is 0 Å². The predicted molar refractivity (Wildman–Crippen MR) is 20.5 cm³/mol. The fraction of sp³-hybridized carbons (Fsp3) is 1.00. The number of hydrogen-bond donors (Lipinski definition) is 2. The summed E-state index contributed by atoms with van der Waals surface area (Å²) in [6.07, 6.45) is 0. The van der Waals surface area contributed by atoms with Crippen LogP contribution in [0, 0.1) is 0 Å². The van der Waals surface area contributed by atoms with Crippen LogP contribution in [0.1, 0.15) is 4.11 Å². The largest absolute Gasteiger partial charge is 0.272 e. The van der Waals surface area contributed by atoms with E-state index < -0.39 is 6.98 Å². The van der Waals surface area contributed by atoms with Crippen molar-refractivity contribution in [2.75, 3.05) is 6.98 Å². The molecule has 4 heavy (non-hydrogen) atoms. The minimum atomic E-state index is -2.18. The molecule has 3 N–H and O–H groups in total. The molecule has 0 aromatic heterocycles. The van der Waals surface area contributed by atoms with E-state index in [4.69, 9.17) is 4.11 Å². The molecule has 0 rings (SSSR count). The third-order valence-corrected chi connectivity index (χ3v) is 0. The summed E-state index contributed by atoms with van der Waals surface area (Å²) < 4.78 is 18.8. The molecular formula is CH7ClN2. The summed E-state index contributed by atoms with van der Waals surface area (Å²) >= 11 is 0. The highest BCUT2D eigenvalue weighted by atomic mass is 35.5. The normalized spacial score (nSPS) is 18.8. The molecule has 0 fully saturated rings. The highest BCUT2D eigenvalue weighted by Gasteiger charge is 1.22. The van der Waals surface area contributed by atoms with E-state index in [1.807, 2.05) is 0 Å². The third-order valence-electron chi connectivity index (χ3n) is 0. The lowest BCUT2D eigenvalue weighted by Gasteiger charge is -1.62. The van der Waals surface area contributed by atoms with Crippen LogP contribution in [-0.2, 0) is 0 Å². The minimum Gasteiger partial charge on any atom is -0.272 e. The Morgan fingerprint density at radius 3 is 2.50 bits per heavy atom. The van der Waals surface area contributed by atoms with E-state index in [-0.39, 0.29) is 12.4 Å². The molecule has 0 saturated heterocycles. The molecule has 0 aliphatic rings. The van der Waals surface area contributed by atoms with Gasteiger partial charge in [0, 0.05) is 4.11 Å². The molecule has 0 aliphatic carbocycles. The molecule has 0 saturated carbocycles. The van der Waals surface area contributed by atoms with Gasteiger partial charge in [-0.2, -0.15) is 0 Å². The second-order valence-corrected chi connectivity index (χ2v) is 0.144. The Morgan fingerprint density at radius 1 is 2.25 bits per heavy atom. The highest BCUT2D eigenvalue weighted by Crippen LogP contribution is 0.817. The average molecular weight is 85.6 g/mol. The summed E-state index contributed by atoms with van der Waals surface area (Å²) in [5, 5.41) is 0. The zero-order valence-electron chi connectivity index (χ0n) is 4.99. The van der Waals surface area contributed by atoms with E-state index in [2.05, 4.69) is 5.84 Å². The molecule has 3 heteroatoms. The molecule has 0 heterocycles. The molecule has 0 aromatic carbocycles. The van der Waals surface area contributed by atoms with Gasteiger partial charge in [-0.1, -0.05) is 0 Å². The van der Waals surface area contributed by atoms with Crippen LogP contribution >= 0.6 is 12.4 Å². The van der Waals surface area contributed by atoms with Gasteiger partial charge in [0.15, 0.2) is 0 Å². The summed E-state index contributed by atoms with van der Waals surface area (Å²) in [6.45, 7) is -2.18. The SMILES string of the molecule is Cl.[2H]C([2H])([2H])NN. The molecule has 2 nitrogen and oxygen atoms in total. The fourth-order valence-corrected chi connectivity index (χ4v) is 0. The van der Waals surface area contributed by atoms with Crippen LogP contribution in [-0.4, -0.2) is 6.98 Å². The first-order chi connectivity index (χ1) is 2.56. The van der Waals surface area contributed by atoms with Gasteiger partial charge in [0.05, 0.1) is 0 Å². The van der Waals surface area contributed by atoms with E-state index in [1.54, 1.807) is 5.43 Å². The Balaban J connectivity index is 0. The van der Waals surface area contributed by atoms with E-state index in [9.17, 15) is 0 Å². The Bertz CT molecular complexity index is 42.7. The first-order valence-electron chi connectivity index (χ1n) is 2.04. The van der Waals surface area contributed by atoms with Gasteiger partial charge in [0.2, 0.25) is 0 Å². The van der Waals surface area contributed by atoms with Gasteiger partial charge in [0.25, 0.3) is 0 Å². The van der Waals surface area contributed by atoms with Crippen LogP contribution in [0.3, 0.4) is 0 Å². The lowest BCUT2D eigenvalue weighted by molar-refractivity contribution is 0.900. The van der Waals surface area contributed by atoms with Gasteiger partial charge < -0.3 is 0 Å². The lowest BCUT2D eigenvalue weighted by atomic mass is 11.5. The molecule has 0 aliphatic heterocycles. The summed E-state index contributed by atoms with van der Waals surface area (Å²) in [5.74, 6) is 4.49. The van der Waals surface area contributed by atoms with Gasteiger partial charge in [-0.25, -0.2) is 0 Å². The van der Waals surface area contributed by atoms with Gasteiger partial charge in [0.1, 0.15) is 0 Å². The lowest BCUT2D eigenvalue weighted by Crippen LogP contribution is -2.13. The average Bonchev–Trinajstić information content (AvgIpc) is 1.35. The Hall–Kier alpha value is 0.210. The van der Waals surface area contributed by atoms with E-state index in [0.717, 1.165) is 0 Å². The zero-order valence-corrected chi connectivity index (χ0v) is 2.80. The van der Waals surface area contributed by atoms with Crippen LogP contribution in [0.25, 0.3) is 0 Å². The monoisotopic (exact) mass is 85.0 g/mol. The quantitative estimate of drug-likeness (QED) is 0.308. The summed E-state index contributed by atoms with van der Waals surface area (Å²) in [5.41, 5.74) is 1.60. The van der Waals surface area contributed by atoms with Crippen LogP contribution in [0.2, 0.25) is 0 Å². The predicted octanol–water partition coefficient (Wildman–Crippen LogP) is -0.499. The van der Waals surface area contributed by atoms with Crippen molar-refractivity contribution >= 4 is 12.4 Å². The first-order valence-corrected chi connectivity index (χ1v) is 0.539. The number of nitrogens with one attached hydrogen (secondary N) is 1. The topological polar surface area (TPSA) is 38.0 Å². The van der Waals surface area contributed by atoms with Crippen molar-refractivity contribution in [3.63, 3.8) is 0 Å². The molecule has 0 aromatic rings. The third kappa shape index (κ3) is 73.4. The summed E-state index contributed by atoms with van der Waals surface area (Å²) in [6, 6.07) is 0. The van der Waals surface area contributed by atoms with Crippen molar-refractivity contribution in [1.82, 2.24) is 5.43 Å². The molecule has 0 unspecified atom stereocenters. The van der Waals surface area contributed by atoms with Crippen LogP contribution in [0.15, 0.2) is 0 Å². The molecule has 0 spiro atoms. The maximum atomic E-state index is 6.28. The fourth-order valence-electron chi connectivity index (χ4n) is 0. The number of halogens is 1. The zero-order chi connectivity index (χ0) is 5.21. The molecule has 28 valence electrons. The van der Waals surface area contributed by atoms with Crippen LogP contribution in [0.5, 0.6) is 0 Å². The van der Waals surface area contributed by atoms with E-state index >= 15 is 0 Å². The second kappa shape index (κ2) is 10.7. The second-order valence-electron chi connectivity index (χ2n) is 0.144. The minimum absolute atomic E-state index is 0. The standard InChI is InChI=1S/CH6N2.ClH/c1-3-2;/h3H,2H2,1H3;1H/i1D3;. The molecular weight excluding hydrogens is 75.5 g/mol. The van der Waals surface area contributed by atoms with Gasteiger partial charge in [-0.05, 0) is 6.98 Å². The Labute approximate surface area is 36.0 Å². The summed E-state index contributed by atoms with van der Waals surface area (Å²) in [4.78, 5) is 0. The smallest absolute Gasteiger partial charge is 0.0406 e. The molecule has 0 atom stereocenters. The molecule has 0 bridgehead atoms. The van der Waals surface area contributed by atoms with Gasteiger partial charge in [-0.3, -0.25) is 11.3 Å². The van der Waals surface area contributed by atoms with Crippen molar-refractivity contribution in [1.29, 1.82) is 0 Å². The Morgan fingerprint density at radius 2 is 2.50 bits per heavy atom. The van der Waals surface area contributed by atoms with Gasteiger partial charge >= 0.3 is 0 Å². The van der Waals surface area contributed by atoms with Crippen molar-refractivity contribution < 1.29 is 4.11 Å². The molecule has 0 radical (unpaired) electrons. The Kier molecular flexibility index (Phi) is 4.28. The van der Waals surface area contributed by atoms with Crippen molar-refractivity contribution in [2.24, 2.45) is 5.84 Å². The van der Waals surface area contributed by atoms with Gasteiger partial charge in [-0.15, -0.1) is 12.4 Å². The number of hydrazine groups is 1. The van der Waals surface area contributed by atoms with Crippen LogP contribution < -0.4 is 11.3 Å².